The zero-order chi connectivity index (χ0) is 20.5. The van der Waals surface area contributed by atoms with Gasteiger partial charge in [0.15, 0.2) is 0 Å². The zero-order valence-electron chi connectivity index (χ0n) is 16.9. The van der Waals surface area contributed by atoms with Gasteiger partial charge >= 0.3 is 0 Å². The van der Waals surface area contributed by atoms with E-state index in [9.17, 15) is 4.79 Å². The van der Waals surface area contributed by atoms with Crippen molar-refractivity contribution in [3.8, 4) is 11.1 Å². The fourth-order valence-corrected chi connectivity index (χ4v) is 4.51. The summed E-state index contributed by atoms with van der Waals surface area (Å²) in [5, 5.41) is 6.29. The minimum Gasteiger partial charge on any atom is -0.337 e. The van der Waals surface area contributed by atoms with E-state index in [1.807, 2.05) is 6.07 Å². The summed E-state index contributed by atoms with van der Waals surface area (Å²) < 4.78 is 4.61. The molecular weight excluding hydrogens is 473 g/mol. The predicted octanol–water partition coefficient (Wildman–Crippen LogP) is 5.25. The van der Waals surface area contributed by atoms with Crippen molar-refractivity contribution in [2.45, 2.75) is 26.8 Å². The second-order valence-electron chi connectivity index (χ2n) is 7.87. The number of aryl methyl sites for hydroxylation is 1. The Morgan fingerprint density at radius 2 is 1.66 bits per heavy atom. The summed E-state index contributed by atoms with van der Waals surface area (Å²) in [6.07, 6.45) is 2.95. The van der Waals surface area contributed by atoms with Crippen LogP contribution in [0.5, 0.6) is 0 Å². The van der Waals surface area contributed by atoms with E-state index in [0.29, 0.717) is 5.92 Å². The average Bonchev–Trinajstić information content (AvgIpc) is 3.03. The molecule has 0 amide bonds. The van der Waals surface area contributed by atoms with E-state index in [1.54, 1.807) is 7.05 Å². The van der Waals surface area contributed by atoms with Gasteiger partial charge in [0.05, 0.1) is 14.8 Å². The van der Waals surface area contributed by atoms with Crippen LogP contribution in [0.2, 0.25) is 0 Å². The Bertz CT molecular complexity index is 1210. The Kier molecular flexibility index (Phi) is 5.58. The van der Waals surface area contributed by atoms with Gasteiger partial charge in [0.25, 0.3) is 5.56 Å². The molecule has 0 saturated carbocycles. The van der Waals surface area contributed by atoms with Crippen LogP contribution in [0, 0.1) is 9.62 Å². The van der Waals surface area contributed by atoms with Crippen LogP contribution in [0.4, 0.5) is 0 Å². The summed E-state index contributed by atoms with van der Waals surface area (Å²) in [5.74, 6) is 0.481. The van der Waals surface area contributed by atoms with Crippen molar-refractivity contribution >= 4 is 33.4 Å². The van der Waals surface area contributed by atoms with Crippen LogP contribution in [-0.2, 0) is 20.0 Å². The fourth-order valence-electron chi connectivity index (χ4n) is 3.68. The molecular formula is C24H24IN3O. The lowest BCUT2D eigenvalue weighted by Gasteiger charge is -2.07. The number of hydrogen-bond acceptors (Lipinski definition) is 2. The Balaban J connectivity index is 1.70. The smallest absolute Gasteiger partial charge is 0.277 e. The highest BCUT2D eigenvalue weighted by atomic mass is 127. The first kappa shape index (κ1) is 19.9. The number of aromatic nitrogens is 3. The van der Waals surface area contributed by atoms with Gasteiger partial charge in [-0.1, -0.05) is 68.4 Å². The summed E-state index contributed by atoms with van der Waals surface area (Å²) in [4.78, 5) is 12.7. The van der Waals surface area contributed by atoms with Crippen molar-refractivity contribution in [1.29, 1.82) is 0 Å². The number of rotatable bonds is 5. The molecule has 2 aromatic carbocycles. The number of benzene rings is 2. The van der Waals surface area contributed by atoms with Gasteiger partial charge < -0.3 is 4.57 Å². The first-order chi connectivity index (χ1) is 13.9. The van der Waals surface area contributed by atoms with Crippen LogP contribution >= 0.6 is 22.6 Å². The highest BCUT2D eigenvalue weighted by Crippen LogP contribution is 2.25. The Hall–Kier alpha value is -2.41. The molecule has 5 heteroatoms. The molecule has 0 N–H and O–H groups in total. The predicted molar refractivity (Wildman–Crippen MR) is 127 cm³/mol. The third kappa shape index (κ3) is 4.01. The van der Waals surface area contributed by atoms with Crippen molar-refractivity contribution in [3.05, 3.63) is 86.1 Å². The molecule has 0 spiro atoms. The minimum absolute atomic E-state index is 0.0323. The van der Waals surface area contributed by atoms with Gasteiger partial charge in [-0.2, -0.15) is 5.10 Å². The molecule has 29 heavy (non-hydrogen) atoms. The highest BCUT2D eigenvalue weighted by Gasteiger charge is 2.17. The van der Waals surface area contributed by atoms with Gasteiger partial charge in [-0.25, -0.2) is 4.68 Å². The van der Waals surface area contributed by atoms with E-state index in [4.69, 9.17) is 0 Å². The van der Waals surface area contributed by atoms with Crippen LogP contribution in [0.15, 0.2) is 65.6 Å². The Morgan fingerprint density at radius 3 is 2.31 bits per heavy atom. The quantitative estimate of drug-likeness (QED) is 0.354. The molecule has 0 aliphatic carbocycles. The second kappa shape index (κ2) is 8.14. The van der Waals surface area contributed by atoms with Crippen LogP contribution < -0.4 is 5.56 Å². The lowest BCUT2D eigenvalue weighted by Crippen LogP contribution is -2.22. The maximum atomic E-state index is 12.7. The monoisotopic (exact) mass is 497 g/mol. The Morgan fingerprint density at radius 1 is 1.00 bits per heavy atom. The van der Waals surface area contributed by atoms with Crippen molar-refractivity contribution in [2.75, 3.05) is 0 Å². The van der Waals surface area contributed by atoms with E-state index in [1.165, 1.54) is 21.4 Å². The van der Waals surface area contributed by atoms with E-state index in [2.05, 4.69) is 101 Å². The maximum Gasteiger partial charge on any atom is 0.277 e. The number of halogens is 1. The lowest BCUT2D eigenvalue weighted by molar-refractivity contribution is 0.605. The molecule has 0 aliphatic heterocycles. The van der Waals surface area contributed by atoms with E-state index in [0.717, 1.165) is 33.1 Å². The molecule has 0 bridgehead atoms. The second-order valence-corrected chi connectivity index (χ2v) is 8.89. The van der Waals surface area contributed by atoms with E-state index >= 15 is 0 Å². The summed E-state index contributed by atoms with van der Waals surface area (Å²) >= 11 is 2.29. The Labute approximate surface area is 184 Å². The van der Waals surface area contributed by atoms with Crippen molar-refractivity contribution in [3.63, 3.8) is 0 Å². The van der Waals surface area contributed by atoms with Gasteiger partial charge in [-0.3, -0.25) is 4.79 Å². The molecule has 0 unspecified atom stereocenters. The molecule has 0 saturated heterocycles. The van der Waals surface area contributed by atoms with Crippen molar-refractivity contribution in [1.82, 2.24) is 14.3 Å². The zero-order valence-corrected chi connectivity index (χ0v) is 19.1. The third-order valence-corrected chi connectivity index (χ3v) is 6.28. The topological polar surface area (TPSA) is 39.8 Å². The molecule has 2 aromatic heterocycles. The molecule has 2 heterocycles. The summed E-state index contributed by atoms with van der Waals surface area (Å²) in [7, 11) is 1.74. The number of fused-ring (bicyclic) bond motifs is 1. The third-order valence-electron chi connectivity index (χ3n) is 5.12. The van der Waals surface area contributed by atoms with Crippen LogP contribution in [0.1, 0.15) is 25.1 Å². The summed E-state index contributed by atoms with van der Waals surface area (Å²) in [5.41, 5.74) is 4.59. The lowest BCUT2D eigenvalue weighted by atomic mass is 10.0. The normalized spacial score (nSPS) is 11.5. The van der Waals surface area contributed by atoms with E-state index in [-0.39, 0.29) is 5.56 Å². The standard InChI is InChI=1S/C24H24IN3O/c1-16(2)13-21-20-15-28(23(25)22(20)24(29)27(3)26-21)14-17-9-11-19(12-10-17)18-7-5-4-6-8-18/h4-12,15-16H,13-14H2,1-3H3. The highest BCUT2D eigenvalue weighted by molar-refractivity contribution is 14.1. The summed E-state index contributed by atoms with van der Waals surface area (Å²) in [6, 6.07) is 19.0. The first-order valence-corrected chi connectivity index (χ1v) is 10.9. The molecule has 4 aromatic rings. The van der Waals surface area contributed by atoms with Gasteiger partial charge in [0.2, 0.25) is 0 Å². The van der Waals surface area contributed by atoms with Crippen molar-refractivity contribution < 1.29 is 0 Å². The van der Waals surface area contributed by atoms with Gasteiger partial charge in [0.1, 0.15) is 0 Å². The van der Waals surface area contributed by atoms with Gasteiger partial charge in [0, 0.05) is 25.2 Å². The molecule has 4 rings (SSSR count). The first-order valence-electron chi connectivity index (χ1n) is 9.83. The van der Waals surface area contributed by atoms with Crippen molar-refractivity contribution in [2.24, 2.45) is 13.0 Å². The SMILES string of the molecule is CC(C)Cc1nn(C)c(=O)c2c(I)n(Cc3ccc(-c4ccccc4)cc3)cc12. The largest absolute Gasteiger partial charge is 0.337 e. The molecule has 0 fully saturated rings. The van der Waals surface area contributed by atoms with Gasteiger partial charge in [-0.15, -0.1) is 0 Å². The molecule has 4 nitrogen and oxygen atoms in total. The molecule has 0 atom stereocenters. The van der Waals surface area contributed by atoms with Crippen LogP contribution in [0.3, 0.4) is 0 Å². The molecule has 0 aliphatic rings. The van der Waals surface area contributed by atoms with Crippen LogP contribution in [-0.4, -0.2) is 14.3 Å². The number of hydrogen-bond donors (Lipinski definition) is 0. The van der Waals surface area contributed by atoms with Crippen LogP contribution in [0.25, 0.3) is 21.9 Å². The molecule has 148 valence electrons. The molecule has 0 radical (unpaired) electrons. The minimum atomic E-state index is -0.0323. The summed E-state index contributed by atoms with van der Waals surface area (Å²) in [6.45, 7) is 5.08. The average molecular weight is 497 g/mol. The van der Waals surface area contributed by atoms with Gasteiger partial charge in [-0.05, 0) is 51.6 Å². The maximum absolute atomic E-state index is 12.7. The number of nitrogens with zero attached hydrogens (tertiary/aromatic N) is 3. The fraction of sp³-hybridized carbons (Fsp3) is 0.250. The van der Waals surface area contributed by atoms with E-state index < -0.39 is 0 Å².